The van der Waals surface area contributed by atoms with E-state index in [0.717, 1.165) is 37.8 Å². The van der Waals surface area contributed by atoms with Crippen molar-refractivity contribution in [2.24, 2.45) is 5.92 Å². The van der Waals surface area contributed by atoms with Crippen molar-refractivity contribution in [1.29, 1.82) is 0 Å². The van der Waals surface area contributed by atoms with Crippen molar-refractivity contribution in [3.05, 3.63) is 18.1 Å². The highest BCUT2D eigenvalue weighted by Gasteiger charge is 2.37. The monoisotopic (exact) mass is 286 g/mol. The van der Waals surface area contributed by atoms with Crippen molar-refractivity contribution in [3.63, 3.8) is 0 Å². The topological polar surface area (TPSA) is 49.3 Å². The Balaban J connectivity index is 1.36. The molecule has 1 aromatic rings. The second-order valence-corrected chi connectivity index (χ2v) is 6.54. The fraction of sp³-hybridized carbons (Fsp3) is 0.688. The molecule has 1 aliphatic carbocycles. The maximum Gasteiger partial charge on any atom is 0.229 e. The van der Waals surface area contributed by atoms with Gasteiger partial charge in [0.2, 0.25) is 5.91 Å². The molecule has 4 rings (SSSR count). The van der Waals surface area contributed by atoms with Crippen LogP contribution in [0.3, 0.4) is 0 Å². The lowest BCUT2D eigenvalue weighted by Crippen LogP contribution is -2.55. The summed E-state index contributed by atoms with van der Waals surface area (Å²) >= 11 is 0. The zero-order valence-corrected chi connectivity index (χ0v) is 12.4. The summed E-state index contributed by atoms with van der Waals surface area (Å²) in [6, 6.07) is 1.97. The lowest BCUT2D eigenvalue weighted by molar-refractivity contribution is -0.137. The first kappa shape index (κ1) is 13.0. The van der Waals surface area contributed by atoms with Crippen LogP contribution in [-0.4, -0.2) is 47.0 Å². The normalized spacial score (nSPS) is 23.0. The molecule has 0 aromatic carbocycles. The van der Waals surface area contributed by atoms with E-state index in [-0.39, 0.29) is 5.92 Å². The third kappa shape index (κ3) is 2.61. The number of hydrogen-bond acceptors (Lipinski definition) is 4. The van der Waals surface area contributed by atoms with Crippen molar-refractivity contribution in [1.82, 2.24) is 14.9 Å². The molecule has 5 nitrogen and oxygen atoms in total. The quantitative estimate of drug-likeness (QED) is 0.850. The number of carbonyl (C=O) groups excluding carboxylic acids is 1. The van der Waals surface area contributed by atoms with Gasteiger partial charge < -0.3 is 9.80 Å². The van der Waals surface area contributed by atoms with Crippen molar-refractivity contribution >= 4 is 11.7 Å². The maximum absolute atomic E-state index is 12.4. The molecule has 21 heavy (non-hydrogen) atoms. The Morgan fingerprint density at radius 1 is 1.14 bits per heavy atom. The molecule has 0 unspecified atom stereocenters. The van der Waals surface area contributed by atoms with Crippen LogP contribution in [-0.2, 0) is 4.79 Å². The zero-order chi connectivity index (χ0) is 14.2. The average molecular weight is 286 g/mol. The molecule has 3 heterocycles. The number of rotatable bonds is 3. The van der Waals surface area contributed by atoms with E-state index >= 15 is 0 Å². The summed E-state index contributed by atoms with van der Waals surface area (Å²) < 4.78 is 0. The molecule has 0 atom stereocenters. The predicted octanol–water partition coefficient (Wildman–Crippen LogP) is 1.80. The van der Waals surface area contributed by atoms with Crippen LogP contribution < -0.4 is 4.90 Å². The summed E-state index contributed by atoms with van der Waals surface area (Å²) in [6.45, 7) is 3.54. The maximum atomic E-state index is 12.4. The number of aromatic nitrogens is 2. The van der Waals surface area contributed by atoms with Gasteiger partial charge >= 0.3 is 0 Å². The first-order chi connectivity index (χ1) is 10.3. The van der Waals surface area contributed by atoms with Crippen LogP contribution in [0.5, 0.6) is 0 Å². The van der Waals surface area contributed by atoms with Crippen LogP contribution in [0.15, 0.2) is 12.3 Å². The molecule has 0 bridgehead atoms. The fourth-order valence-electron chi connectivity index (χ4n) is 3.27. The second kappa shape index (κ2) is 5.28. The molecular weight excluding hydrogens is 264 g/mol. The molecule has 3 fully saturated rings. The zero-order valence-electron chi connectivity index (χ0n) is 12.4. The minimum absolute atomic E-state index is 0.169. The Kier molecular flexibility index (Phi) is 3.28. The fourth-order valence-corrected chi connectivity index (χ4v) is 3.27. The molecule has 0 radical (unpaired) electrons. The van der Waals surface area contributed by atoms with E-state index in [1.165, 1.54) is 32.1 Å². The van der Waals surface area contributed by atoms with E-state index in [9.17, 15) is 4.79 Å². The van der Waals surface area contributed by atoms with Gasteiger partial charge in [0, 0.05) is 38.3 Å². The average Bonchev–Trinajstić information content (AvgIpc) is 3.31. The van der Waals surface area contributed by atoms with Crippen LogP contribution in [0.1, 0.15) is 43.8 Å². The Labute approximate surface area is 125 Å². The highest BCUT2D eigenvalue weighted by Crippen LogP contribution is 2.38. The molecule has 2 saturated heterocycles. The van der Waals surface area contributed by atoms with E-state index in [1.54, 1.807) is 0 Å². The highest BCUT2D eigenvalue weighted by molar-refractivity contribution is 5.82. The van der Waals surface area contributed by atoms with Gasteiger partial charge in [0.05, 0.1) is 5.92 Å². The molecule has 1 aromatic heterocycles. The Morgan fingerprint density at radius 2 is 1.90 bits per heavy atom. The van der Waals surface area contributed by atoms with E-state index in [2.05, 4.69) is 19.8 Å². The summed E-state index contributed by atoms with van der Waals surface area (Å²) in [4.78, 5) is 25.7. The summed E-state index contributed by atoms with van der Waals surface area (Å²) in [5.74, 6) is 3.08. The van der Waals surface area contributed by atoms with Crippen LogP contribution in [0.2, 0.25) is 0 Å². The molecule has 112 valence electrons. The molecule has 1 saturated carbocycles. The minimum atomic E-state index is 0.169. The molecule has 2 aliphatic heterocycles. The standard InChI is InChI=1S/C16H22N4O/c21-16(19-8-2-1-3-9-19)13-10-20(11-13)14-6-7-17-15(18-14)12-4-5-12/h6-7,12-13H,1-5,8-11H2. The summed E-state index contributed by atoms with van der Waals surface area (Å²) in [6.07, 6.45) is 7.90. The van der Waals surface area contributed by atoms with Crippen molar-refractivity contribution in [3.8, 4) is 0 Å². The van der Waals surface area contributed by atoms with Crippen molar-refractivity contribution in [2.75, 3.05) is 31.1 Å². The summed E-state index contributed by atoms with van der Waals surface area (Å²) in [7, 11) is 0. The smallest absolute Gasteiger partial charge is 0.229 e. The number of amides is 1. The number of anilines is 1. The van der Waals surface area contributed by atoms with Crippen LogP contribution >= 0.6 is 0 Å². The van der Waals surface area contributed by atoms with E-state index in [0.29, 0.717) is 11.8 Å². The van der Waals surface area contributed by atoms with Gasteiger partial charge in [0.25, 0.3) is 0 Å². The van der Waals surface area contributed by atoms with E-state index < -0.39 is 0 Å². The van der Waals surface area contributed by atoms with Gasteiger partial charge in [0.15, 0.2) is 0 Å². The van der Waals surface area contributed by atoms with Gasteiger partial charge in [-0.2, -0.15) is 0 Å². The summed E-state index contributed by atoms with van der Waals surface area (Å²) in [5, 5.41) is 0. The molecule has 3 aliphatic rings. The van der Waals surface area contributed by atoms with Gasteiger partial charge in [-0.25, -0.2) is 9.97 Å². The minimum Gasteiger partial charge on any atom is -0.355 e. The van der Waals surface area contributed by atoms with Crippen LogP contribution in [0.4, 0.5) is 5.82 Å². The largest absolute Gasteiger partial charge is 0.355 e. The summed E-state index contributed by atoms with van der Waals surface area (Å²) in [5.41, 5.74) is 0. The number of nitrogens with zero attached hydrogens (tertiary/aromatic N) is 4. The van der Waals surface area contributed by atoms with Gasteiger partial charge in [-0.3, -0.25) is 4.79 Å². The van der Waals surface area contributed by atoms with Gasteiger partial charge in [-0.05, 0) is 38.2 Å². The highest BCUT2D eigenvalue weighted by atomic mass is 16.2. The molecular formula is C16H22N4O. The molecule has 5 heteroatoms. The van der Waals surface area contributed by atoms with Gasteiger partial charge in [0.1, 0.15) is 11.6 Å². The number of likely N-dealkylation sites (tertiary alicyclic amines) is 1. The number of piperidine rings is 1. The van der Waals surface area contributed by atoms with Crippen molar-refractivity contribution < 1.29 is 4.79 Å². The third-order valence-corrected chi connectivity index (χ3v) is 4.82. The van der Waals surface area contributed by atoms with E-state index in [4.69, 9.17) is 0 Å². The number of carbonyl (C=O) groups is 1. The SMILES string of the molecule is O=C(C1CN(c2ccnc(C3CC3)n2)C1)N1CCCCC1. The first-order valence-electron chi connectivity index (χ1n) is 8.18. The Morgan fingerprint density at radius 3 is 2.62 bits per heavy atom. The molecule has 1 amide bonds. The Hall–Kier alpha value is -1.65. The lowest BCUT2D eigenvalue weighted by Gasteiger charge is -2.42. The lowest BCUT2D eigenvalue weighted by atomic mass is 9.97. The van der Waals surface area contributed by atoms with Gasteiger partial charge in [-0.15, -0.1) is 0 Å². The predicted molar refractivity (Wildman–Crippen MR) is 80.1 cm³/mol. The van der Waals surface area contributed by atoms with Gasteiger partial charge in [-0.1, -0.05) is 0 Å². The third-order valence-electron chi connectivity index (χ3n) is 4.82. The molecule has 0 N–H and O–H groups in total. The van der Waals surface area contributed by atoms with E-state index in [1.807, 2.05) is 12.3 Å². The van der Waals surface area contributed by atoms with Crippen molar-refractivity contribution in [2.45, 2.75) is 38.0 Å². The molecule has 0 spiro atoms. The first-order valence-corrected chi connectivity index (χ1v) is 8.18. The second-order valence-electron chi connectivity index (χ2n) is 6.54. The number of hydrogen-bond donors (Lipinski definition) is 0. The van der Waals surface area contributed by atoms with Crippen LogP contribution in [0, 0.1) is 5.92 Å². The Bertz CT molecular complexity index is 531. The van der Waals surface area contributed by atoms with Crippen LogP contribution in [0.25, 0.3) is 0 Å².